The number of nitrogens with one attached hydrogen (secondary N) is 1. The SMILES string of the molecule is CCC1C(=O)NCCN1C(=O)COc1ccccc1C#N. The zero-order valence-corrected chi connectivity index (χ0v) is 11.8. The lowest BCUT2D eigenvalue weighted by Gasteiger charge is -2.34. The van der Waals surface area contributed by atoms with Crippen LogP contribution in [0.3, 0.4) is 0 Å². The maximum Gasteiger partial charge on any atom is 0.261 e. The maximum atomic E-state index is 12.2. The van der Waals surface area contributed by atoms with Crippen molar-refractivity contribution in [1.82, 2.24) is 10.2 Å². The average molecular weight is 287 g/mol. The summed E-state index contributed by atoms with van der Waals surface area (Å²) in [7, 11) is 0. The number of amides is 2. The summed E-state index contributed by atoms with van der Waals surface area (Å²) in [5.74, 6) is 0.00169. The second-order valence-electron chi connectivity index (χ2n) is 4.70. The van der Waals surface area contributed by atoms with Gasteiger partial charge in [-0.3, -0.25) is 9.59 Å². The molecule has 0 spiro atoms. The summed E-state index contributed by atoms with van der Waals surface area (Å²) in [5, 5.41) is 11.7. The van der Waals surface area contributed by atoms with Crippen LogP contribution in [0.1, 0.15) is 18.9 Å². The van der Waals surface area contributed by atoms with Gasteiger partial charge in [0.1, 0.15) is 17.9 Å². The first-order valence-electron chi connectivity index (χ1n) is 6.86. The molecule has 21 heavy (non-hydrogen) atoms. The molecule has 0 aliphatic carbocycles. The van der Waals surface area contributed by atoms with Gasteiger partial charge in [-0.25, -0.2) is 0 Å². The van der Waals surface area contributed by atoms with Crippen LogP contribution in [0.15, 0.2) is 24.3 Å². The number of ether oxygens (including phenoxy) is 1. The van der Waals surface area contributed by atoms with E-state index in [1.807, 2.05) is 13.0 Å². The number of para-hydroxylation sites is 1. The van der Waals surface area contributed by atoms with Crippen molar-refractivity contribution in [1.29, 1.82) is 5.26 Å². The Morgan fingerprint density at radius 2 is 2.29 bits per heavy atom. The number of nitrogens with zero attached hydrogens (tertiary/aromatic N) is 2. The first kappa shape index (κ1) is 14.9. The third-order valence-corrected chi connectivity index (χ3v) is 3.40. The quantitative estimate of drug-likeness (QED) is 0.882. The largest absolute Gasteiger partial charge is 0.482 e. The van der Waals surface area contributed by atoms with Gasteiger partial charge in [-0.2, -0.15) is 5.26 Å². The zero-order valence-electron chi connectivity index (χ0n) is 11.8. The summed E-state index contributed by atoms with van der Waals surface area (Å²) in [6.07, 6.45) is 0.562. The van der Waals surface area contributed by atoms with E-state index in [2.05, 4.69) is 5.32 Å². The van der Waals surface area contributed by atoms with Crippen LogP contribution in [0.2, 0.25) is 0 Å². The number of piperazine rings is 1. The Hall–Kier alpha value is -2.55. The summed E-state index contributed by atoms with van der Waals surface area (Å²) in [4.78, 5) is 25.5. The third kappa shape index (κ3) is 3.31. The van der Waals surface area contributed by atoms with Gasteiger partial charge in [-0.15, -0.1) is 0 Å². The molecule has 1 heterocycles. The highest BCUT2D eigenvalue weighted by Gasteiger charge is 2.31. The minimum Gasteiger partial charge on any atom is -0.482 e. The lowest BCUT2D eigenvalue weighted by Crippen LogP contribution is -2.57. The maximum absolute atomic E-state index is 12.2. The number of benzene rings is 1. The highest BCUT2D eigenvalue weighted by Crippen LogP contribution is 2.17. The molecule has 110 valence electrons. The van der Waals surface area contributed by atoms with Gasteiger partial charge in [0.15, 0.2) is 6.61 Å². The molecule has 1 fully saturated rings. The van der Waals surface area contributed by atoms with Crippen LogP contribution in [-0.2, 0) is 9.59 Å². The molecule has 1 N–H and O–H groups in total. The lowest BCUT2D eigenvalue weighted by atomic mass is 10.1. The summed E-state index contributed by atoms with van der Waals surface area (Å²) >= 11 is 0. The van der Waals surface area contributed by atoms with Gasteiger partial charge < -0.3 is 15.0 Å². The predicted molar refractivity (Wildman–Crippen MR) is 75.5 cm³/mol. The van der Waals surface area contributed by atoms with E-state index in [0.717, 1.165) is 0 Å². The van der Waals surface area contributed by atoms with Crippen molar-refractivity contribution in [2.24, 2.45) is 0 Å². The van der Waals surface area contributed by atoms with Gasteiger partial charge in [0.05, 0.1) is 5.56 Å². The van der Waals surface area contributed by atoms with E-state index in [-0.39, 0.29) is 18.4 Å². The molecule has 1 unspecified atom stereocenters. The Labute approximate surface area is 123 Å². The van der Waals surface area contributed by atoms with Crippen LogP contribution >= 0.6 is 0 Å². The topological polar surface area (TPSA) is 82.4 Å². The fourth-order valence-electron chi connectivity index (χ4n) is 2.33. The van der Waals surface area contributed by atoms with E-state index in [4.69, 9.17) is 10.00 Å². The lowest BCUT2D eigenvalue weighted by molar-refractivity contribution is -0.144. The molecule has 1 aromatic carbocycles. The van der Waals surface area contributed by atoms with Crippen molar-refractivity contribution >= 4 is 11.8 Å². The van der Waals surface area contributed by atoms with Gasteiger partial charge in [-0.05, 0) is 18.6 Å². The van der Waals surface area contributed by atoms with E-state index in [9.17, 15) is 9.59 Å². The standard InChI is InChI=1S/C15H17N3O3/c1-2-12-15(20)17-7-8-18(12)14(19)10-21-13-6-4-3-5-11(13)9-16/h3-6,12H,2,7-8,10H2,1H3,(H,17,20). The van der Waals surface area contributed by atoms with Crippen LogP contribution in [0.4, 0.5) is 0 Å². The van der Waals surface area contributed by atoms with Crippen molar-refractivity contribution in [3.05, 3.63) is 29.8 Å². The third-order valence-electron chi connectivity index (χ3n) is 3.40. The van der Waals surface area contributed by atoms with Crippen LogP contribution in [0.5, 0.6) is 5.75 Å². The molecule has 1 aromatic rings. The van der Waals surface area contributed by atoms with Crippen LogP contribution in [0.25, 0.3) is 0 Å². The number of carbonyl (C=O) groups is 2. The fourth-order valence-corrected chi connectivity index (χ4v) is 2.33. The first-order chi connectivity index (χ1) is 10.2. The van der Waals surface area contributed by atoms with Crippen LogP contribution < -0.4 is 10.1 Å². The molecular weight excluding hydrogens is 270 g/mol. The number of nitriles is 1. The van der Waals surface area contributed by atoms with Gasteiger partial charge in [0, 0.05) is 13.1 Å². The average Bonchev–Trinajstić information content (AvgIpc) is 2.52. The van der Waals surface area contributed by atoms with E-state index < -0.39 is 6.04 Å². The van der Waals surface area contributed by atoms with Gasteiger partial charge in [-0.1, -0.05) is 19.1 Å². The van der Waals surface area contributed by atoms with Crippen molar-refractivity contribution < 1.29 is 14.3 Å². The van der Waals surface area contributed by atoms with Crippen molar-refractivity contribution in [3.8, 4) is 11.8 Å². The highest BCUT2D eigenvalue weighted by molar-refractivity contribution is 5.89. The zero-order chi connectivity index (χ0) is 15.2. The molecule has 2 rings (SSSR count). The molecule has 0 saturated carbocycles. The van der Waals surface area contributed by atoms with Crippen molar-refractivity contribution in [3.63, 3.8) is 0 Å². The number of rotatable bonds is 4. The van der Waals surface area contributed by atoms with E-state index in [0.29, 0.717) is 30.8 Å². The predicted octanol–water partition coefficient (Wildman–Crippen LogP) is 0.674. The molecule has 1 aliphatic rings. The minimum absolute atomic E-state index is 0.130. The Balaban J connectivity index is 2.01. The van der Waals surface area contributed by atoms with Crippen LogP contribution in [-0.4, -0.2) is 42.5 Å². The normalized spacial score (nSPS) is 17.8. The highest BCUT2D eigenvalue weighted by atomic mass is 16.5. The van der Waals surface area contributed by atoms with Gasteiger partial charge in [0.25, 0.3) is 5.91 Å². The summed E-state index contributed by atoms with van der Waals surface area (Å²) in [5.41, 5.74) is 0.383. The minimum atomic E-state index is -0.443. The molecule has 0 bridgehead atoms. The van der Waals surface area contributed by atoms with E-state index in [1.165, 1.54) is 4.90 Å². The summed E-state index contributed by atoms with van der Waals surface area (Å²) in [6.45, 7) is 2.62. The molecule has 1 saturated heterocycles. The second kappa shape index (κ2) is 6.75. The second-order valence-corrected chi connectivity index (χ2v) is 4.70. The Bertz CT molecular complexity index is 580. The molecular formula is C15H17N3O3. The first-order valence-corrected chi connectivity index (χ1v) is 6.86. The molecule has 1 atom stereocenters. The molecule has 1 aliphatic heterocycles. The summed E-state index contributed by atoms with van der Waals surface area (Å²) in [6, 6.07) is 8.31. The van der Waals surface area contributed by atoms with Gasteiger partial charge >= 0.3 is 0 Å². The number of carbonyl (C=O) groups excluding carboxylic acids is 2. The van der Waals surface area contributed by atoms with Gasteiger partial charge in [0.2, 0.25) is 5.91 Å². The van der Waals surface area contributed by atoms with Crippen molar-refractivity contribution in [2.75, 3.05) is 19.7 Å². The van der Waals surface area contributed by atoms with E-state index >= 15 is 0 Å². The fraction of sp³-hybridized carbons (Fsp3) is 0.400. The number of hydrogen-bond donors (Lipinski definition) is 1. The van der Waals surface area contributed by atoms with E-state index in [1.54, 1.807) is 24.3 Å². The monoisotopic (exact) mass is 287 g/mol. The Morgan fingerprint density at radius 3 is 3.00 bits per heavy atom. The Morgan fingerprint density at radius 1 is 1.52 bits per heavy atom. The van der Waals surface area contributed by atoms with Crippen molar-refractivity contribution in [2.45, 2.75) is 19.4 Å². The molecule has 2 amide bonds. The molecule has 6 nitrogen and oxygen atoms in total. The smallest absolute Gasteiger partial charge is 0.261 e. The summed E-state index contributed by atoms with van der Waals surface area (Å²) < 4.78 is 5.43. The molecule has 0 aromatic heterocycles. The molecule has 6 heteroatoms. The Kier molecular flexibility index (Phi) is 4.77. The molecule has 0 radical (unpaired) electrons. The number of hydrogen-bond acceptors (Lipinski definition) is 4. The van der Waals surface area contributed by atoms with Crippen LogP contribution in [0, 0.1) is 11.3 Å².